The molecule has 5 fully saturated rings. The third-order valence-corrected chi connectivity index (χ3v) is 13.6. The number of hydrogen-bond acceptors (Lipinski definition) is 8. The summed E-state index contributed by atoms with van der Waals surface area (Å²) in [7, 11) is 5.82. The van der Waals surface area contributed by atoms with E-state index in [-0.39, 0.29) is 11.8 Å². The topological polar surface area (TPSA) is 81.1 Å². The SMILES string of the molecule is O=C1N2[C@H]3C(=CC=C[C@@H]3O)C[C@]23SSSS[C@]12CC1=CC=C[C@H](O)[C@H]1N2C3=O. The average Bonchev–Trinajstić information content (AvgIpc) is 3.18. The number of amides is 2. The van der Waals surface area contributed by atoms with Crippen molar-refractivity contribution in [3.8, 4) is 0 Å². The van der Waals surface area contributed by atoms with Crippen molar-refractivity contribution in [2.24, 2.45) is 0 Å². The molecule has 28 heavy (non-hydrogen) atoms. The van der Waals surface area contributed by atoms with Crippen LogP contribution < -0.4 is 0 Å². The zero-order valence-electron chi connectivity index (χ0n) is 14.4. The van der Waals surface area contributed by atoms with E-state index in [1.807, 2.05) is 12.2 Å². The number of piperazine rings is 1. The van der Waals surface area contributed by atoms with Crippen molar-refractivity contribution in [2.75, 3.05) is 0 Å². The molecule has 10 heteroatoms. The fraction of sp³-hybridized carbons (Fsp3) is 0.444. The molecule has 146 valence electrons. The molecule has 6 nitrogen and oxygen atoms in total. The fourth-order valence-electron chi connectivity index (χ4n) is 5.23. The van der Waals surface area contributed by atoms with E-state index in [0.29, 0.717) is 12.8 Å². The van der Waals surface area contributed by atoms with Crippen LogP contribution >= 0.6 is 41.2 Å². The predicted molar refractivity (Wildman–Crippen MR) is 113 cm³/mol. The Kier molecular flexibility index (Phi) is 3.79. The Morgan fingerprint density at radius 2 is 1.25 bits per heavy atom. The van der Waals surface area contributed by atoms with Gasteiger partial charge in [0.25, 0.3) is 11.8 Å². The summed E-state index contributed by atoms with van der Waals surface area (Å²) in [6, 6.07) is -1.01. The molecule has 0 saturated carbocycles. The first-order valence-electron chi connectivity index (χ1n) is 8.98. The van der Waals surface area contributed by atoms with Crippen molar-refractivity contribution in [2.45, 2.75) is 46.9 Å². The molecule has 2 N–H and O–H groups in total. The van der Waals surface area contributed by atoms with Crippen LogP contribution in [0.4, 0.5) is 0 Å². The molecule has 7 rings (SSSR count). The van der Waals surface area contributed by atoms with Gasteiger partial charge in [0.15, 0.2) is 9.74 Å². The van der Waals surface area contributed by atoms with Gasteiger partial charge in [-0.1, -0.05) is 36.5 Å². The van der Waals surface area contributed by atoms with Gasteiger partial charge in [-0.25, -0.2) is 0 Å². The summed E-state index contributed by atoms with van der Waals surface area (Å²) < 4.78 is 0. The van der Waals surface area contributed by atoms with Crippen molar-refractivity contribution in [3.63, 3.8) is 0 Å². The quantitative estimate of drug-likeness (QED) is 0.540. The zero-order chi connectivity index (χ0) is 19.3. The highest BCUT2D eigenvalue weighted by Crippen LogP contribution is 2.68. The van der Waals surface area contributed by atoms with Crippen LogP contribution in [0.25, 0.3) is 0 Å². The van der Waals surface area contributed by atoms with Crippen molar-refractivity contribution in [3.05, 3.63) is 47.6 Å². The lowest BCUT2D eigenvalue weighted by atomic mass is 9.95. The average molecular weight is 453 g/mol. The summed E-state index contributed by atoms with van der Waals surface area (Å²) in [5, 5.41) is 21.3. The second-order valence-corrected chi connectivity index (χ2v) is 13.9. The summed E-state index contributed by atoms with van der Waals surface area (Å²) in [6.07, 6.45) is 9.95. The molecule has 0 aromatic rings. The van der Waals surface area contributed by atoms with Crippen LogP contribution in [0.2, 0.25) is 0 Å². The molecule has 2 amide bonds. The molecular formula is C18H16N2O4S4. The lowest BCUT2D eigenvalue weighted by Crippen LogP contribution is -2.74. The minimum Gasteiger partial charge on any atom is -0.387 e. The van der Waals surface area contributed by atoms with Gasteiger partial charge in [-0.2, -0.15) is 0 Å². The monoisotopic (exact) mass is 452 g/mol. The van der Waals surface area contributed by atoms with E-state index >= 15 is 0 Å². The molecular weight excluding hydrogens is 436 g/mol. The summed E-state index contributed by atoms with van der Waals surface area (Å²) in [5.74, 6) is -0.273. The minimum atomic E-state index is -1.08. The van der Waals surface area contributed by atoms with Crippen LogP contribution in [0, 0.1) is 0 Å². The Bertz CT molecular complexity index is 859. The third kappa shape index (κ3) is 1.99. The first-order valence-corrected chi connectivity index (χ1v) is 13.8. The fourth-order valence-corrected chi connectivity index (χ4v) is 13.0. The van der Waals surface area contributed by atoms with Gasteiger partial charge >= 0.3 is 0 Å². The van der Waals surface area contributed by atoms with Crippen LogP contribution in [0.15, 0.2) is 47.6 Å². The van der Waals surface area contributed by atoms with E-state index in [0.717, 1.165) is 11.1 Å². The highest BCUT2D eigenvalue weighted by Gasteiger charge is 2.74. The van der Waals surface area contributed by atoms with Crippen molar-refractivity contribution in [1.29, 1.82) is 0 Å². The van der Waals surface area contributed by atoms with Crippen LogP contribution in [0.5, 0.6) is 0 Å². The first kappa shape index (κ1) is 18.0. The van der Waals surface area contributed by atoms with E-state index < -0.39 is 34.0 Å². The van der Waals surface area contributed by atoms with Gasteiger partial charge in [-0.15, -0.1) is 0 Å². The summed E-state index contributed by atoms with van der Waals surface area (Å²) in [5.41, 5.74) is 1.83. The second-order valence-electron chi connectivity index (χ2n) is 7.70. The molecule has 0 aromatic heterocycles. The molecule has 5 heterocycles. The number of allylic oxidation sites excluding steroid dienone is 4. The van der Waals surface area contributed by atoms with Crippen LogP contribution in [-0.4, -0.2) is 65.9 Å². The largest absolute Gasteiger partial charge is 0.387 e. The zero-order valence-corrected chi connectivity index (χ0v) is 17.7. The van der Waals surface area contributed by atoms with Gasteiger partial charge < -0.3 is 20.0 Å². The lowest BCUT2D eigenvalue weighted by molar-refractivity contribution is -0.167. The van der Waals surface area contributed by atoms with Crippen molar-refractivity contribution < 1.29 is 19.8 Å². The Labute approximate surface area is 176 Å². The molecule has 0 aromatic carbocycles. The smallest absolute Gasteiger partial charge is 0.262 e. The first-order chi connectivity index (χ1) is 13.5. The van der Waals surface area contributed by atoms with E-state index in [4.69, 9.17) is 0 Å². The molecule has 0 radical (unpaired) electrons. The van der Waals surface area contributed by atoms with Crippen LogP contribution in [0.1, 0.15) is 12.8 Å². The molecule has 5 aliphatic heterocycles. The highest BCUT2D eigenvalue weighted by atomic mass is 33.7. The van der Waals surface area contributed by atoms with Gasteiger partial charge in [0, 0.05) is 12.8 Å². The van der Waals surface area contributed by atoms with E-state index in [1.54, 1.807) is 34.1 Å². The normalized spacial score (nSPS) is 45.8. The van der Waals surface area contributed by atoms with Gasteiger partial charge in [0.1, 0.15) is 0 Å². The molecule has 7 aliphatic rings. The van der Waals surface area contributed by atoms with Gasteiger partial charge in [-0.3, -0.25) is 9.59 Å². The molecule has 2 bridgehead atoms. The molecule has 2 aliphatic carbocycles. The van der Waals surface area contributed by atoms with E-state index in [1.165, 1.54) is 41.2 Å². The number of carbonyl (C=O) groups is 2. The second kappa shape index (κ2) is 5.89. The summed E-state index contributed by atoms with van der Waals surface area (Å²) in [4.78, 5) is 29.2. The summed E-state index contributed by atoms with van der Waals surface area (Å²) >= 11 is 0. The Morgan fingerprint density at radius 3 is 1.68 bits per heavy atom. The number of aliphatic hydroxyl groups is 2. The molecule has 2 spiro atoms. The van der Waals surface area contributed by atoms with Crippen molar-refractivity contribution in [1.82, 2.24) is 9.80 Å². The molecule has 5 saturated heterocycles. The van der Waals surface area contributed by atoms with Gasteiger partial charge in [0.2, 0.25) is 0 Å². The van der Waals surface area contributed by atoms with Crippen LogP contribution in [0.3, 0.4) is 0 Å². The number of hydrogen-bond donors (Lipinski definition) is 2. The Balaban J connectivity index is 1.57. The van der Waals surface area contributed by atoms with Crippen molar-refractivity contribution >= 4 is 53.1 Å². The van der Waals surface area contributed by atoms with E-state index in [9.17, 15) is 19.8 Å². The maximum Gasteiger partial charge on any atom is 0.262 e. The van der Waals surface area contributed by atoms with E-state index in [2.05, 4.69) is 0 Å². The standard InChI is InChI=1S/C18H16N2O4S4/c21-11-5-1-3-9-7-17-15(23)20-14-10(4-2-6-12(14)22)8-18(20,26-28-27-25-17)16(24)19(17)13(9)11/h1-6,11-14,21-22H,7-8H2/t11-,12-,13-,14-,17+,18+/m0/s1. The Morgan fingerprint density at radius 1 is 0.821 bits per heavy atom. The number of rotatable bonds is 0. The van der Waals surface area contributed by atoms with Gasteiger partial charge in [0.05, 0.1) is 24.3 Å². The third-order valence-electron chi connectivity index (χ3n) is 6.34. The number of aliphatic hydroxyl groups excluding tert-OH is 2. The van der Waals surface area contributed by atoms with Crippen LogP contribution in [-0.2, 0) is 9.59 Å². The minimum absolute atomic E-state index is 0.136. The lowest BCUT2D eigenvalue weighted by Gasteiger charge is -2.55. The maximum atomic E-state index is 14.0. The van der Waals surface area contributed by atoms with Gasteiger partial charge in [-0.05, 0) is 52.4 Å². The number of fused-ring (bicyclic) bond motifs is 5. The number of nitrogens with zero attached hydrogens (tertiary/aromatic N) is 2. The molecule has 6 atom stereocenters. The number of carbonyl (C=O) groups excluding carboxylic acids is 2. The maximum absolute atomic E-state index is 14.0. The predicted octanol–water partition coefficient (Wildman–Crippen LogP) is 2.00. The Hall–Kier alpha value is -0.780. The highest BCUT2D eigenvalue weighted by molar-refractivity contribution is 9.26. The molecule has 0 unspecified atom stereocenters. The summed E-state index contributed by atoms with van der Waals surface area (Å²) in [6.45, 7) is 0.